The molecule has 1 atom stereocenters. The molecule has 2 rings (SSSR count). The van der Waals surface area contributed by atoms with Crippen molar-refractivity contribution in [3.8, 4) is 0 Å². The van der Waals surface area contributed by atoms with Gasteiger partial charge in [0.2, 0.25) is 0 Å². The van der Waals surface area contributed by atoms with Gasteiger partial charge in [0.25, 0.3) is 0 Å². The Morgan fingerprint density at radius 2 is 2.05 bits per heavy atom. The Morgan fingerprint density at radius 1 is 1.35 bits per heavy atom. The van der Waals surface area contributed by atoms with Crippen molar-refractivity contribution in [2.45, 2.75) is 52.0 Å². The summed E-state index contributed by atoms with van der Waals surface area (Å²) in [5, 5.41) is 0. The second kappa shape index (κ2) is 5.96. The molecule has 0 saturated heterocycles. The smallest absolute Gasteiger partial charge is 0.306 e. The summed E-state index contributed by atoms with van der Waals surface area (Å²) in [4.78, 5) is 11.4. The van der Waals surface area contributed by atoms with Crippen LogP contribution in [0.3, 0.4) is 0 Å². The molecule has 0 heterocycles. The lowest BCUT2D eigenvalue weighted by Gasteiger charge is -2.27. The Balaban J connectivity index is 2.04. The molecule has 3 heteroatoms. The number of fused-ring (bicyclic) bond motifs is 1. The summed E-state index contributed by atoms with van der Waals surface area (Å²) in [7, 11) is 1.43. The zero-order valence-electron chi connectivity index (χ0n) is 12.7. The van der Waals surface area contributed by atoms with Gasteiger partial charge in [-0.05, 0) is 47.8 Å². The first kappa shape index (κ1) is 15.0. The largest absolute Gasteiger partial charge is 0.469 e. The van der Waals surface area contributed by atoms with Crippen LogP contribution in [0.5, 0.6) is 0 Å². The third kappa shape index (κ3) is 3.60. The lowest BCUT2D eigenvalue weighted by atomic mass is 9.81. The number of carbonyl (C=O) groups is 1. The van der Waals surface area contributed by atoms with Crippen molar-refractivity contribution in [2.24, 2.45) is 11.1 Å². The van der Waals surface area contributed by atoms with Gasteiger partial charge in [-0.15, -0.1) is 0 Å². The van der Waals surface area contributed by atoms with Gasteiger partial charge in [-0.1, -0.05) is 32.0 Å². The summed E-state index contributed by atoms with van der Waals surface area (Å²) in [5.41, 5.74) is 10.3. The molecule has 1 aromatic rings. The van der Waals surface area contributed by atoms with Crippen molar-refractivity contribution in [3.63, 3.8) is 0 Å². The van der Waals surface area contributed by atoms with Gasteiger partial charge >= 0.3 is 5.97 Å². The van der Waals surface area contributed by atoms with Gasteiger partial charge in [-0.2, -0.15) is 0 Å². The maximum absolute atomic E-state index is 11.4. The Morgan fingerprint density at radius 3 is 2.75 bits per heavy atom. The molecule has 20 heavy (non-hydrogen) atoms. The highest BCUT2D eigenvalue weighted by Crippen LogP contribution is 2.33. The number of aryl methyl sites for hydroxylation is 2. The number of methoxy groups -OCH3 is 1. The molecule has 1 aliphatic carbocycles. The van der Waals surface area contributed by atoms with E-state index in [0.29, 0.717) is 6.42 Å². The van der Waals surface area contributed by atoms with E-state index in [4.69, 9.17) is 10.5 Å². The van der Waals surface area contributed by atoms with Crippen LogP contribution in [0.4, 0.5) is 0 Å². The molecule has 1 aromatic carbocycles. The molecule has 110 valence electrons. The third-order valence-corrected chi connectivity index (χ3v) is 4.17. The number of carbonyl (C=O) groups excluding carboxylic acids is 1. The number of hydrogen-bond donors (Lipinski definition) is 1. The van der Waals surface area contributed by atoms with Crippen LogP contribution in [0.1, 0.15) is 55.8 Å². The fraction of sp³-hybridized carbons (Fsp3) is 0.588. The number of rotatable bonds is 5. The van der Waals surface area contributed by atoms with Crippen LogP contribution in [-0.4, -0.2) is 13.1 Å². The van der Waals surface area contributed by atoms with E-state index >= 15 is 0 Å². The van der Waals surface area contributed by atoms with Crippen molar-refractivity contribution in [1.29, 1.82) is 0 Å². The van der Waals surface area contributed by atoms with E-state index in [2.05, 4.69) is 32.0 Å². The molecule has 0 fully saturated rings. The van der Waals surface area contributed by atoms with Crippen LogP contribution < -0.4 is 5.73 Å². The van der Waals surface area contributed by atoms with Gasteiger partial charge < -0.3 is 10.5 Å². The highest BCUT2D eigenvalue weighted by molar-refractivity contribution is 5.69. The topological polar surface area (TPSA) is 52.3 Å². The minimum absolute atomic E-state index is 0.0273. The molecule has 0 bridgehead atoms. The lowest BCUT2D eigenvalue weighted by molar-refractivity contribution is -0.143. The molecule has 2 N–H and O–H groups in total. The Bertz CT molecular complexity index is 494. The highest BCUT2D eigenvalue weighted by atomic mass is 16.5. The van der Waals surface area contributed by atoms with E-state index in [1.54, 1.807) is 0 Å². The number of hydrogen-bond acceptors (Lipinski definition) is 3. The zero-order valence-corrected chi connectivity index (χ0v) is 12.7. The van der Waals surface area contributed by atoms with Crippen LogP contribution in [0.15, 0.2) is 18.2 Å². The average Bonchev–Trinajstić information content (AvgIpc) is 2.84. The molecule has 1 aliphatic rings. The molecule has 0 amide bonds. The van der Waals surface area contributed by atoms with E-state index in [-0.39, 0.29) is 17.4 Å². The second-order valence-corrected chi connectivity index (χ2v) is 6.61. The first-order chi connectivity index (χ1) is 9.41. The maximum atomic E-state index is 11.4. The highest BCUT2D eigenvalue weighted by Gasteiger charge is 2.26. The van der Waals surface area contributed by atoms with Gasteiger partial charge in [0.1, 0.15) is 0 Å². The fourth-order valence-corrected chi connectivity index (χ4v) is 3.07. The first-order valence-corrected chi connectivity index (χ1v) is 7.35. The summed E-state index contributed by atoms with van der Waals surface area (Å²) < 4.78 is 4.75. The maximum Gasteiger partial charge on any atom is 0.306 e. The molecule has 0 radical (unpaired) electrons. The van der Waals surface area contributed by atoms with Crippen molar-refractivity contribution in [2.75, 3.05) is 7.11 Å². The molecule has 0 aromatic heterocycles. The number of ether oxygens (including phenoxy) is 1. The van der Waals surface area contributed by atoms with Crippen LogP contribution in [0.2, 0.25) is 0 Å². The summed E-state index contributed by atoms with van der Waals surface area (Å²) >= 11 is 0. The van der Waals surface area contributed by atoms with Gasteiger partial charge in [0.15, 0.2) is 0 Å². The molecule has 0 aliphatic heterocycles. The molecule has 0 saturated carbocycles. The Kier molecular flexibility index (Phi) is 4.48. The van der Waals surface area contributed by atoms with Crippen LogP contribution in [-0.2, 0) is 22.4 Å². The SMILES string of the molecule is COC(=O)CC(C)(C)CC(N)c1ccc2c(c1)CCC2. The quantitative estimate of drug-likeness (QED) is 0.840. The van der Waals surface area contributed by atoms with Crippen LogP contribution >= 0.6 is 0 Å². The lowest BCUT2D eigenvalue weighted by Crippen LogP contribution is -2.24. The summed E-state index contributed by atoms with van der Waals surface area (Å²) in [6.45, 7) is 4.13. The van der Waals surface area contributed by atoms with Gasteiger partial charge in [0.05, 0.1) is 13.5 Å². The van der Waals surface area contributed by atoms with E-state index in [0.717, 1.165) is 6.42 Å². The normalized spacial score (nSPS) is 15.8. The zero-order chi connectivity index (χ0) is 14.8. The van der Waals surface area contributed by atoms with Gasteiger partial charge in [0, 0.05) is 6.04 Å². The predicted octanol–water partition coefficient (Wildman–Crippen LogP) is 3.15. The predicted molar refractivity (Wildman–Crippen MR) is 80.4 cm³/mol. The third-order valence-electron chi connectivity index (χ3n) is 4.17. The van der Waals surface area contributed by atoms with E-state index in [9.17, 15) is 4.79 Å². The standard InChI is InChI=1S/C17H25NO2/c1-17(2,11-16(19)20-3)10-15(18)14-8-7-12-5-4-6-13(12)9-14/h7-9,15H,4-6,10-11,18H2,1-3H3. The number of esters is 1. The minimum Gasteiger partial charge on any atom is -0.469 e. The van der Waals surface area contributed by atoms with Crippen LogP contribution in [0.25, 0.3) is 0 Å². The van der Waals surface area contributed by atoms with Crippen LogP contribution in [0, 0.1) is 5.41 Å². The first-order valence-electron chi connectivity index (χ1n) is 7.35. The second-order valence-electron chi connectivity index (χ2n) is 6.61. The molecule has 1 unspecified atom stereocenters. The fourth-order valence-electron chi connectivity index (χ4n) is 3.07. The van der Waals surface area contributed by atoms with Crippen molar-refractivity contribution in [3.05, 3.63) is 34.9 Å². The van der Waals surface area contributed by atoms with E-state index < -0.39 is 0 Å². The van der Waals surface area contributed by atoms with E-state index in [1.165, 1.54) is 43.1 Å². The van der Waals surface area contributed by atoms with Gasteiger partial charge in [-0.25, -0.2) is 0 Å². The Labute approximate surface area is 121 Å². The number of benzene rings is 1. The average molecular weight is 275 g/mol. The molecule has 0 spiro atoms. The van der Waals surface area contributed by atoms with Crippen molar-refractivity contribution < 1.29 is 9.53 Å². The monoisotopic (exact) mass is 275 g/mol. The summed E-state index contributed by atoms with van der Waals surface area (Å²) in [6, 6.07) is 6.58. The minimum atomic E-state index is -0.170. The Hall–Kier alpha value is -1.35. The van der Waals surface area contributed by atoms with Crippen molar-refractivity contribution in [1.82, 2.24) is 0 Å². The summed E-state index contributed by atoms with van der Waals surface area (Å²) in [6.07, 6.45) is 4.80. The van der Waals surface area contributed by atoms with Gasteiger partial charge in [-0.3, -0.25) is 4.79 Å². The molecule has 3 nitrogen and oxygen atoms in total. The molecular formula is C17H25NO2. The van der Waals surface area contributed by atoms with E-state index in [1.807, 2.05) is 0 Å². The summed E-state index contributed by atoms with van der Waals surface area (Å²) in [5.74, 6) is -0.170. The molecular weight excluding hydrogens is 250 g/mol. The van der Waals surface area contributed by atoms with Crippen molar-refractivity contribution >= 4 is 5.97 Å². The number of nitrogens with two attached hydrogens (primary N) is 1.